The predicted octanol–water partition coefficient (Wildman–Crippen LogP) is 3.09. The van der Waals surface area contributed by atoms with Gasteiger partial charge in [0.1, 0.15) is 18.1 Å². The van der Waals surface area contributed by atoms with E-state index in [-0.39, 0.29) is 41.5 Å². The Labute approximate surface area is 259 Å². The number of nitrogens with zero attached hydrogens (tertiary/aromatic N) is 6. The molecule has 3 aromatic rings. The second kappa shape index (κ2) is 12.3. The van der Waals surface area contributed by atoms with Crippen molar-refractivity contribution in [1.82, 2.24) is 25.1 Å². The van der Waals surface area contributed by atoms with Crippen molar-refractivity contribution in [1.29, 1.82) is 0 Å². The molecule has 0 radical (unpaired) electrons. The van der Waals surface area contributed by atoms with Crippen molar-refractivity contribution in [3.63, 3.8) is 0 Å². The number of nitrogens with one attached hydrogen (secondary N) is 1. The molecule has 0 unspecified atom stereocenters. The van der Waals surface area contributed by atoms with E-state index in [0.717, 1.165) is 0 Å². The zero-order valence-electron chi connectivity index (χ0n) is 23.4. The van der Waals surface area contributed by atoms with Crippen LogP contribution in [0, 0.1) is 5.82 Å². The van der Waals surface area contributed by atoms with Gasteiger partial charge < -0.3 is 24.5 Å². The minimum Gasteiger partial charge on any atom is -0.481 e. The second-order valence-corrected chi connectivity index (χ2v) is 11.7. The summed E-state index contributed by atoms with van der Waals surface area (Å²) in [5.41, 5.74) is 1.67. The normalized spacial score (nSPS) is 20.4. The Morgan fingerprint density at radius 2 is 2.14 bits per heavy atom. The van der Waals surface area contributed by atoms with Gasteiger partial charge >= 0.3 is 24.0 Å². The van der Waals surface area contributed by atoms with Crippen molar-refractivity contribution < 1.29 is 33.0 Å². The number of oxazole rings is 1. The first-order chi connectivity index (χ1) is 21.2. The molecular weight excluding hydrogens is 617 g/mol. The molecule has 44 heavy (non-hydrogen) atoms. The highest BCUT2D eigenvalue weighted by Crippen LogP contribution is 2.37. The molecule has 2 amide bonds. The number of urea groups is 1. The summed E-state index contributed by atoms with van der Waals surface area (Å²) in [5.74, 6) is -1.63. The first-order valence-electron chi connectivity index (χ1n) is 13.7. The summed E-state index contributed by atoms with van der Waals surface area (Å²) in [4.78, 5) is 56.2. The minimum atomic E-state index is -0.945. The fourth-order valence-corrected chi connectivity index (χ4v) is 6.40. The molecule has 0 bridgehead atoms. The number of thiazole rings is 1. The third-order valence-corrected chi connectivity index (χ3v) is 8.71. The number of benzene rings is 1. The molecule has 0 aliphatic carbocycles. The molecule has 2 atom stereocenters. The van der Waals surface area contributed by atoms with Crippen molar-refractivity contribution in [2.24, 2.45) is 4.99 Å². The number of piperazine rings is 1. The lowest BCUT2D eigenvalue weighted by atomic mass is 9.95. The number of rotatable bonds is 9. The molecule has 1 aromatic carbocycles. The molecule has 0 saturated carbocycles. The number of amidine groups is 1. The van der Waals surface area contributed by atoms with Crippen LogP contribution >= 0.6 is 22.9 Å². The Bertz CT molecular complexity index is 1660. The number of carbonyl (C=O) groups excluding carboxylic acids is 2. The molecule has 3 aliphatic heterocycles. The number of amides is 2. The molecule has 6 rings (SSSR count). The Morgan fingerprint density at radius 1 is 1.30 bits per heavy atom. The van der Waals surface area contributed by atoms with Crippen molar-refractivity contribution >= 4 is 52.8 Å². The van der Waals surface area contributed by atoms with Gasteiger partial charge in [0.05, 0.1) is 37.4 Å². The van der Waals surface area contributed by atoms with Gasteiger partial charge in [-0.25, -0.2) is 23.9 Å². The Kier molecular flexibility index (Phi) is 8.33. The van der Waals surface area contributed by atoms with Crippen LogP contribution in [-0.2, 0) is 20.7 Å². The number of methoxy groups -OCH3 is 1. The first-order valence-corrected chi connectivity index (χ1v) is 14.9. The van der Waals surface area contributed by atoms with Gasteiger partial charge in [-0.3, -0.25) is 14.7 Å². The quantitative estimate of drug-likeness (QED) is 0.333. The molecule has 2 N–H and O–H groups in total. The predicted molar refractivity (Wildman–Crippen MR) is 157 cm³/mol. The number of aliphatic carboxylic acids is 1. The smallest absolute Gasteiger partial charge is 0.338 e. The number of anilines is 1. The van der Waals surface area contributed by atoms with Crippen LogP contribution in [0.25, 0.3) is 0 Å². The van der Waals surface area contributed by atoms with E-state index in [1.807, 2.05) is 5.38 Å². The van der Waals surface area contributed by atoms with E-state index in [0.29, 0.717) is 60.5 Å². The minimum absolute atomic E-state index is 0.0930. The van der Waals surface area contributed by atoms with E-state index in [1.165, 1.54) is 47.8 Å². The summed E-state index contributed by atoms with van der Waals surface area (Å²) in [5, 5.41) is 14.8. The molecule has 16 heteroatoms. The zero-order chi connectivity index (χ0) is 31.0. The number of fused-ring (bicyclic) bond motifs is 1. The molecule has 0 spiro atoms. The van der Waals surface area contributed by atoms with Gasteiger partial charge in [-0.2, -0.15) is 4.98 Å². The highest BCUT2D eigenvalue weighted by molar-refractivity contribution is 7.11. The Hall–Kier alpha value is -4.34. The van der Waals surface area contributed by atoms with Crippen LogP contribution < -0.4 is 10.2 Å². The largest absolute Gasteiger partial charge is 0.481 e. The van der Waals surface area contributed by atoms with Gasteiger partial charge in [-0.1, -0.05) is 17.7 Å². The van der Waals surface area contributed by atoms with Crippen LogP contribution in [0.3, 0.4) is 0 Å². The monoisotopic (exact) mass is 643 g/mol. The SMILES string of the molecule is COC(=O)C1=C(CN2CCN3C(=O)N(c4nc(CCC(=O)O)co4)C[C@@H]3C2)NC(c2nccs2)=N[C@H]1c1ccc(F)cc1Cl. The standard InChI is InChI=1S/C28H27ClFN7O6S/c1-42-26(40)22-20(33-24(25-31-6-9-44-25)34-23(22)18-4-2-15(30)10-19(18)29)13-35-7-8-36-17(11-35)12-37(28(36)41)27-32-16(14-43-27)3-5-21(38)39/h2,4,6,9-10,14,17,23H,3,5,7-8,11-13H2,1H3,(H,33,34)(H,38,39)/t17-,23-/m0/s1. The number of hydrogen-bond acceptors (Lipinski definition) is 11. The van der Waals surface area contributed by atoms with Crippen LogP contribution in [0.2, 0.25) is 5.02 Å². The molecule has 2 aromatic heterocycles. The number of carboxylic acids is 1. The third kappa shape index (κ3) is 5.89. The molecule has 13 nitrogen and oxygen atoms in total. The van der Waals surface area contributed by atoms with Crippen molar-refractivity contribution in [3.8, 4) is 0 Å². The number of aliphatic imine (C=N–C) groups is 1. The lowest BCUT2D eigenvalue weighted by molar-refractivity contribution is -0.137. The number of hydrogen-bond donors (Lipinski definition) is 2. The third-order valence-electron chi connectivity index (χ3n) is 7.61. The lowest BCUT2D eigenvalue weighted by Crippen LogP contribution is -2.53. The fraction of sp³-hybridized carbons (Fsp3) is 0.357. The summed E-state index contributed by atoms with van der Waals surface area (Å²) >= 11 is 7.82. The number of aromatic nitrogens is 2. The van der Waals surface area contributed by atoms with Crippen LogP contribution in [0.1, 0.15) is 28.7 Å². The Morgan fingerprint density at radius 3 is 2.86 bits per heavy atom. The molecular formula is C28H27ClFN7O6S. The van der Waals surface area contributed by atoms with Crippen molar-refractivity contribution in [2.75, 3.05) is 44.7 Å². The van der Waals surface area contributed by atoms with Gasteiger partial charge in [0, 0.05) is 60.5 Å². The fourth-order valence-electron chi connectivity index (χ4n) is 5.54. The number of halogens is 2. The first kappa shape index (κ1) is 29.7. The van der Waals surface area contributed by atoms with E-state index in [4.69, 9.17) is 30.9 Å². The molecule has 5 heterocycles. The van der Waals surface area contributed by atoms with Gasteiger partial charge in [0.2, 0.25) is 0 Å². The summed E-state index contributed by atoms with van der Waals surface area (Å²) in [6.07, 6.45) is 3.12. The summed E-state index contributed by atoms with van der Waals surface area (Å²) < 4.78 is 24.6. The highest BCUT2D eigenvalue weighted by Gasteiger charge is 2.44. The number of esters is 1. The average molecular weight is 644 g/mol. The highest BCUT2D eigenvalue weighted by atomic mass is 35.5. The van der Waals surface area contributed by atoms with Crippen molar-refractivity contribution in [2.45, 2.75) is 24.9 Å². The van der Waals surface area contributed by atoms with Gasteiger partial charge in [0.25, 0.3) is 0 Å². The second-order valence-electron chi connectivity index (χ2n) is 10.4. The van der Waals surface area contributed by atoms with Crippen LogP contribution in [0.4, 0.5) is 15.2 Å². The maximum atomic E-state index is 13.9. The van der Waals surface area contributed by atoms with Crippen LogP contribution in [0.5, 0.6) is 0 Å². The number of carbonyl (C=O) groups is 3. The number of carboxylic acid groups (broad SMARTS) is 1. The maximum Gasteiger partial charge on any atom is 0.338 e. The molecule has 3 aliphatic rings. The van der Waals surface area contributed by atoms with E-state index < -0.39 is 23.8 Å². The maximum absolute atomic E-state index is 13.9. The topological polar surface area (TPSA) is 154 Å². The summed E-state index contributed by atoms with van der Waals surface area (Å²) in [7, 11) is 1.28. The average Bonchev–Trinajstić information content (AvgIpc) is 3.76. The number of aryl methyl sites for hydroxylation is 1. The molecule has 230 valence electrons. The van der Waals surface area contributed by atoms with Crippen LogP contribution in [-0.4, -0.2) is 94.6 Å². The zero-order valence-corrected chi connectivity index (χ0v) is 25.0. The van der Waals surface area contributed by atoms with Gasteiger partial charge in [0.15, 0.2) is 10.8 Å². The van der Waals surface area contributed by atoms with E-state index >= 15 is 0 Å². The molecule has 2 saturated heterocycles. The van der Waals surface area contributed by atoms with Gasteiger partial charge in [-0.15, -0.1) is 11.3 Å². The molecule has 2 fully saturated rings. The summed E-state index contributed by atoms with van der Waals surface area (Å²) in [6, 6.07) is 2.77. The lowest BCUT2D eigenvalue weighted by Gasteiger charge is -2.38. The number of ether oxygens (including phenoxy) is 1. The van der Waals surface area contributed by atoms with Gasteiger partial charge in [-0.05, 0) is 12.1 Å². The Balaban J connectivity index is 1.25. The van der Waals surface area contributed by atoms with E-state index in [2.05, 4.69) is 20.2 Å². The van der Waals surface area contributed by atoms with Crippen LogP contribution in [0.15, 0.2) is 56.7 Å². The van der Waals surface area contributed by atoms with Crippen molar-refractivity contribution in [3.05, 3.63) is 74.4 Å². The van der Waals surface area contributed by atoms with E-state index in [9.17, 15) is 18.8 Å². The van der Waals surface area contributed by atoms with E-state index in [1.54, 1.807) is 11.1 Å². The summed E-state index contributed by atoms with van der Waals surface area (Å²) in [6.45, 7) is 2.04.